The molecule has 0 saturated heterocycles. The van der Waals surface area contributed by atoms with Gasteiger partial charge in [0.25, 0.3) is 0 Å². The number of nitrogens with zero attached hydrogens (tertiary/aromatic N) is 4. The molecular formula is C21H13F3N6OS. The highest BCUT2D eigenvalue weighted by Crippen LogP contribution is 2.34. The van der Waals surface area contributed by atoms with E-state index in [-0.39, 0.29) is 5.69 Å². The van der Waals surface area contributed by atoms with Gasteiger partial charge in [0.15, 0.2) is 0 Å². The first-order valence-electron chi connectivity index (χ1n) is 9.30. The minimum atomic E-state index is -4.41. The van der Waals surface area contributed by atoms with Gasteiger partial charge in [-0.2, -0.15) is 13.2 Å². The summed E-state index contributed by atoms with van der Waals surface area (Å²) >= 11 is 1.23. The zero-order valence-corrected chi connectivity index (χ0v) is 16.9. The monoisotopic (exact) mass is 454 g/mol. The molecule has 0 bridgehead atoms. The summed E-state index contributed by atoms with van der Waals surface area (Å²) in [5.74, 6) is 1.02. The maximum Gasteiger partial charge on any atom is 0.416 e. The summed E-state index contributed by atoms with van der Waals surface area (Å²) in [7, 11) is 0. The van der Waals surface area contributed by atoms with Crippen LogP contribution < -0.4 is 10.1 Å². The van der Waals surface area contributed by atoms with Gasteiger partial charge in [0.2, 0.25) is 11.0 Å². The molecule has 0 spiro atoms. The van der Waals surface area contributed by atoms with E-state index in [1.54, 1.807) is 18.3 Å². The van der Waals surface area contributed by atoms with Gasteiger partial charge in [0, 0.05) is 17.4 Å². The summed E-state index contributed by atoms with van der Waals surface area (Å²) in [4.78, 5) is 11.3. The molecule has 0 radical (unpaired) electrons. The predicted octanol–water partition coefficient (Wildman–Crippen LogP) is 6.03. The lowest BCUT2D eigenvalue weighted by atomic mass is 10.2. The highest BCUT2D eigenvalue weighted by Gasteiger charge is 2.30. The first-order chi connectivity index (χ1) is 15.5. The van der Waals surface area contributed by atoms with E-state index in [2.05, 4.69) is 30.5 Å². The normalized spacial score (nSPS) is 11.6. The van der Waals surface area contributed by atoms with Crippen LogP contribution in [0.2, 0.25) is 0 Å². The molecule has 5 rings (SSSR count). The largest absolute Gasteiger partial charge is 0.438 e. The minimum Gasteiger partial charge on any atom is -0.438 e. The Morgan fingerprint density at radius 2 is 1.81 bits per heavy atom. The lowest BCUT2D eigenvalue weighted by Crippen LogP contribution is -2.05. The van der Waals surface area contributed by atoms with Crippen molar-refractivity contribution in [2.75, 3.05) is 5.32 Å². The van der Waals surface area contributed by atoms with Crippen molar-refractivity contribution in [3.63, 3.8) is 0 Å². The molecule has 0 amide bonds. The topological polar surface area (TPSA) is 88.6 Å². The van der Waals surface area contributed by atoms with Gasteiger partial charge < -0.3 is 15.0 Å². The van der Waals surface area contributed by atoms with Gasteiger partial charge >= 0.3 is 6.18 Å². The van der Waals surface area contributed by atoms with Crippen molar-refractivity contribution < 1.29 is 17.9 Å². The minimum absolute atomic E-state index is 0.284. The maximum atomic E-state index is 12.9. The van der Waals surface area contributed by atoms with Gasteiger partial charge in [-0.3, -0.25) is 0 Å². The van der Waals surface area contributed by atoms with Crippen LogP contribution in [0.25, 0.3) is 21.6 Å². The number of nitrogens with one attached hydrogen (secondary N) is 2. The Morgan fingerprint density at radius 3 is 2.62 bits per heavy atom. The quantitative estimate of drug-likeness (QED) is 0.337. The van der Waals surface area contributed by atoms with Gasteiger partial charge in [-0.15, -0.1) is 10.2 Å². The Balaban J connectivity index is 1.31. The number of fused-ring (bicyclic) bond motifs is 1. The highest BCUT2D eigenvalue weighted by molar-refractivity contribution is 7.18. The molecule has 160 valence electrons. The molecule has 0 unspecified atom stereocenters. The number of benzene rings is 2. The zero-order chi connectivity index (χ0) is 22.1. The first kappa shape index (κ1) is 19.9. The van der Waals surface area contributed by atoms with E-state index in [9.17, 15) is 13.2 Å². The van der Waals surface area contributed by atoms with Crippen LogP contribution in [0.1, 0.15) is 5.56 Å². The molecular weight excluding hydrogens is 441 g/mol. The number of hydrogen-bond acceptors (Lipinski definition) is 7. The van der Waals surface area contributed by atoms with Crippen LogP contribution in [0.4, 0.5) is 24.0 Å². The second-order valence-corrected chi connectivity index (χ2v) is 7.64. The standard InChI is InChI=1S/C21H13F3N6OS/c22-21(23,24)13-2-1-3-14(10-13)28-20-30-29-19(32-20)12-4-6-15(7-5-12)31-18-16-8-9-25-17(16)26-11-27-18/h1-11H,(H,28,30)(H,25,26,27). The molecule has 3 heterocycles. The second-order valence-electron chi connectivity index (χ2n) is 6.66. The second kappa shape index (κ2) is 7.93. The van der Waals surface area contributed by atoms with Crippen molar-refractivity contribution in [3.05, 3.63) is 72.7 Å². The molecule has 0 aliphatic rings. The molecule has 11 heteroatoms. The number of H-pyrrole nitrogens is 1. The van der Waals surface area contributed by atoms with Gasteiger partial charge in [-0.05, 0) is 48.5 Å². The Hall–Kier alpha value is -3.99. The van der Waals surface area contributed by atoms with E-state index >= 15 is 0 Å². The lowest BCUT2D eigenvalue weighted by Gasteiger charge is -2.08. The zero-order valence-electron chi connectivity index (χ0n) is 16.1. The van der Waals surface area contributed by atoms with Crippen LogP contribution in [-0.4, -0.2) is 25.1 Å². The number of rotatable bonds is 5. The number of alkyl halides is 3. The van der Waals surface area contributed by atoms with E-state index < -0.39 is 11.7 Å². The fourth-order valence-electron chi connectivity index (χ4n) is 2.99. The fourth-order valence-corrected chi connectivity index (χ4v) is 3.76. The van der Waals surface area contributed by atoms with E-state index in [1.807, 2.05) is 18.2 Å². The van der Waals surface area contributed by atoms with Gasteiger partial charge in [0.05, 0.1) is 10.9 Å². The van der Waals surface area contributed by atoms with Crippen molar-refractivity contribution in [1.29, 1.82) is 0 Å². The number of aromatic amines is 1. The van der Waals surface area contributed by atoms with Gasteiger partial charge in [0.1, 0.15) is 22.7 Å². The molecule has 2 aromatic carbocycles. The Morgan fingerprint density at radius 1 is 0.969 bits per heavy atom. The Kier molecular flexibility index (Phi) is 4.94. The van der Waals surface area contributed by atoms with Crippen molar-refractivity contribution in [2.24, 2.45) is 0 Å². The van der Waals surface area contributed by atoms with Gasteiger partial charge in [-0.1, -0.05) is 17.4 Å². The van der Waals surface area contributed by atoms with Crippen molar-refractivity contribution in [1.82, 2.24) is 25.1 Å². The first-order valence-corrected chi connectivity index (χ1v) is 10.1. The molecule has 0 aliphatic heterocycles. The van der Waals surface area contributed by atoms with Crippen LogP contribution in [0.5, 0.6) is 11.6 Å². The summed E-state index contributed by atoms with van der Waals surface area (Å²) in [5.41, 5.74) is 1.03. The lowest BCUT2D eigenvalue weighted by molar-refractivity contribution is -0.137. The molecule has 7 nitrogen and oxygen atoms in total. The van der Waals surface area contributed by atoms with E-state index in [0.717, 1.165) is 23.1 Å². The van der Waals surface area contributed by atoms with E-state index in [1.165, 1.54) is 29.8 Å². The molecule has 0 atom stereocenters. The Labute approximate surface area is 183 Å². The van der Waals surface area contributed by atoms with Crippen LogP contribution in [0, 0.1) is 0 Å². The van der Waals surface area contributed by atoms with Crippen LogP contribution >= 0.6 is 11.3 Å². The summed E-state index contributed by atoms with van der Waals surface area (Å²) in [6.45, 7) is 0. The van der Waals surface area contributed by atoms with Gasteiger partial charge in [-0.25, -0.2) is 9.97 Å². The third-order valence-corrected chi connectivity index (χ3v) is 5.39. The summed E-state index contributed by atoms with van der Waals surface area (Å²) in [6, 6.07) is 13.9. The molecule has 3 aromatic heterocycles. The fraction of sp³-hybridized carbons (Fsp3) is 0.0476. The van der Waals surface area contributed by atoms with Crippen molar-refractivity contribution in [2.45, 2.75) is 6.18 Å². The smallest absolute Gasteiger partial charge is 0.416 e. The molecule has 0 aliphatic carbocycles. The highest BCUT2D eigenvalue weighted by atomic mass is 32.1. The average Bonchev–Trinajstić information content (AvgIpc) is 3.44. The summed E-state index contributed by atoms with van der Waals surface area (Å²) in [6.07, 6.45) is -1.23. The number of anilines is 2. The predicted molar refractivity (Wildman–Crippen MR) is 114 cm³/mol. The van der Waals surface area contributed by atoms with Crippen LogP contribution in [0.3, 0.4) is 0 Å². The van der Waals surface area contributed by atoms with E-state index in [0.29, 0.717) is 27.4 Å². The third kappa shape index (κ3) is 4.10. The third-order valence-electron chi connectivity index (χ3n) is 4.50. The van der Waals surface area contributed by atoms with Crippen LogP contribution in [0.15, 0.2) is 67.1 Å². The van der Waals surface area contributed by atoms with Crippen molar-refractivity contribution in [3.8, 4) is 22.2 Å². The summed E-state index contributed by atoms with van der Waals surface area (Å²) < 4.78 is 44.5. The molecule has 2 N–H and O–H groups in total. The Bertz CT molecular complexity index is 1380. The maximum absolute atomic E-state index is 12.9. The summed E-state index contributed by atoms with van der Waals surface area (Å²) in [5, 5.41) is 12.8. The van der Waals surface area contributed by atoms with E-state index in [4.69, 9.17) is 4.74 Å². The SMILES string of the molecule is FC(F)(F)c1cccc(Nc2nnc(-c3ccc(Oc4ncnc5[nH]ccc45)cc3)s2)c1. The number of halogens is 3. The number of aromatic nitrogens is 5. The average molecular weight is 454 g/mol. The number of hydrogen-bond donors (Lipinski definition) is 2. The molecule has 0 saturated carbocycles. The molecule has 0 fully saturated rings. The molecule has 32 heavy (non-hydrogen) atoms. The number of ether oxygens (including phenoxy) is 1. The molecule has 5 aromatic rings. The van der Waals surface area contributed by atoms with Crippen LogP contribution in [-0.2, 0) is 6.18 Å². The van der Waals surface area contributed by atoms with Crippen molar-refractivity contribution >= 4 is 33.2 Å².